The fourth-order valence-corrected chi connectivity index (χ4v) is 1.71. The molecular formula is C13H10FN3O. The molecule has 0 aliphatic rings. The van der Waals surface area contributed by atoms with Gasteiger partial charge in [0.05, 0.1) is 0 Å². The molecule has 2 rings (SSSR count). The topological polar surface area (TPSA) is 71.8 Å². The Morgan fingerprint density at radius 3 is 2.50 bits per heavy atom. The Bertz CT molecular complexity index is 696. The molecule has 0 aliphatic heterocycles. The molecule has 0 fully saturated rings. The second kappa shape index (κ2) is 4.34. The van der Waals surface area contributed by atoms with Crippen molar-refractivity contribution in [3.63, 3.8) is 0 Å². The third kappa shape index (κ3) is 1.84. The Labute approximate surface area is 103 Å². The number of halogens is 1. The molecule has 4 nitrogen and oxygen atoms in total. The van der Waals surface area contributed by atoms with Crippen molar-refractivity contribution in [3.05, 3.63) is 57.8 Å². The molecule has 5 heteroatoms. The third-order valence-electron chi connectivity index (χ3n) is 2.70. The van der Waals surface area contributed by atoms with Crippen LogP contribution in [-0.2, 0) is 0 Å². The lowest BCUT2D eigenvalue weighted by Gasteiger charge is -2.09. The van der Waals surface area contributed by atoms with E-state index >= 15 is 0 Å². The molecule has 0 aliphatic carbocycles. The molecule has 90 valence electrons. The van der Waals surface area contributed by atoms with Crippen molar-refractivity contribution in [1.29, 1.82) is 5.26 Å². The molecule has 0 radical (unpaired) electrons. The molecule has 0 bridgehead atoms. The van der Waals surface area contributed by atoms with Crippen LogP contribution in [0.25, 0.3) is 11.1 Å². The van der Waals surface area contributed by atoms with Gasteiger partial charge < -0.3 is 5.84 Å². The summed E-state index contributed by atoms with van der Waals surface area (Å²) in [4.78, 5) is 11.8. The standard InChI is InChI=1S/C13H10FN3O/c1-8-6-11(9-2-4-10(14)5-3-9)12(7-15)13(18)17(8)16/h2-6H,16H2,1H3. The number of nitriles is 1. The molecule has 1 aromatic heterocycles. The van der Waals surface area contributed by atoms with Crippen molar-refractivity contribution in [2.45, 2.75) is 6.92 Å². The first-order chi connectivity index (χ1) is 8.54. The van der Waals surface area contributed by atoms with Crippen LogP contribution >= 0.6 is 0 Å². The zero-order chi connectivity index (χ0) is 13.3. The van der Waals surface area contributed by atoms with E-state index in [2.05, 4.69) is 0 Å². The Morgan fingerprint density at radius 2 is 1.94 bits per heavy atom. The van der Waals surface area contributed by atoms with Crippen molar-refractivity contribution < 1.29 is 4.39 Å². The first-order valence-corrected chi connectivity index (χ1v) is 5.22. The molecule has 2 N–H and O–H groups in total. The average molecular weight is 243 g/mol. The number of hydrogen-bond acceptors (Lipinski definition) is 3. The minimum absolute atomic E-state index is 0.0466. The van der Waals surface area contributed by atoms with Crippen molar-refractivity contribution >= 4 is 0 Å². The van der Waals surface area contributed by atoms with Crippen LogP contribution in [0.15, 0.2) is 35.1 Å². The maximum atomic E-state index is 12.9. The molecule has 0 amide bonds. The lowest BCUT2D eigenvalue weighted by Crippen LogP contribution is -2.31. The molecule has 0 saturated heterocycles. The second-order valence-electron chi connectivity index (χ2n) is 3.87. The van der Waals surface area contributed by atoms with Crippen molar-refractivity contribution in [1.82, 2.24) is 4.68 Å². The monoisotopic (exact) mass is 243 g/mol. The van der Waals surface area contributed by atoms with E-state index in [0.29, 0.717) is 16.8 Å². The van der Waals surface area contributed by atoms with E-state index in [9.17, 15) is 9.18 Å². The summed E-state index contributed by atoms with van der Waals surface area (Å²) in [6, 6.07) is 9.06. The molecule has 0 atom stereocenters. The summed E-state index contributed by atoms with van der Waals surface area (Å²) in [5.41, 5.74) is 0.986. The van der Waals surface area contributed by atoms with Gasteiger partial charge in [-0.2, -0.15) is 5.26 Å². The van der Waals surface area contributed by atoms with Crippen LogP contribution in [0.4, 0.5) is 4.39 Å². The number of nitrogens with zero attached hydrogens (tertiary/aromatic N) is 2. The van der Waals surface area contributed by atoms with E-state index in [4.69, 9.17) is 11.1 Å². The maximum Gasteiger partial charge on any atom is 0.287 e. The molecular weight excluding hydrogens is 233 g/mol. The third-order valence-corrected chi connectivity index (χ3v) is 2.70. The van der Waals surface area contributed by atoms with Crippen LogP contribution in [0.2, 0.25) is 0 Å². The van der Waals surface area contributed by atoms with Gasteiger partial charge >= 0.3 is 0 Å². The average Bonchev–Trinajstić information content (AvgIpc) is 2.37. The van der Waals surface area contributed by atoms with Crippen molar-refractivity contribution in [3.8, 4) is 17.2 Å². The molecule has 0 spiro atoms. The van der Waals surface area contributed by atoms with Gasteiger partial charge in [0.2, 0.25) is 0 Å². The highest BCUT2D eigenvalue weighted by Gasteiger charge is 2.12. The zero-order valence-electron chi connectivity index (χ0n) is 9.64. The number of benzene rings is 1. The summed E-state index contributed by atoms with van der Waals surface area (Å²) < 4.78 is 13.8. The Hall–Kier alpha value is -2.61. The Morgan fingerprint density at radius 1 is 1.33 bits per heavy atom. The summed E-state index contributed by atoms with van der Waals surface area (Å²) in [5.74, 6) is 5.15. The number of aryl methyl sites for hydroxylation is 1. The summed E-state index contributed by atoms with van der Waals surface area (Å²) in [7, 11) is 0. The number of aromatic nitrogens is 1. The minimum atomic E-state index is -0.558. The summed E-state index contributed by atoms with van der Waals surface area (Å²) in [6.07, 6.45) is 0. The fourth-order valence-electron chi connectivity index (χ4n) is 1.71. The van der Waals surface area contributed by atoms with E-state index in [0.717, 1.165) is 4.68 Å². The van der Waals surface area contributed by atoms with Crippen LogP contribution in [0.3, 0.4) is 0 Å². The van der Waals surface area contributed by atoms with Crippen LogP contribution in [0.1, 0.15) is 11.3 Å². The SMILES string of the molecule is Cc1cc(-c2ccc(F)cc2)c(C#N)c(=O)n1N. The minimum Gasteiger partial charge on any atom is -0.336 e. The van der Waals surface area contributed by atoms with Gasteiger partial charge in [0.25, 0.3) is 5.56 Å². The maximum absolute atomic E-state index is 12.9. The fraction of sp³-hybridized carbons (Fsp3) is 0.0769. The van der Waals surface area contributed by atoms with Crippen LogP contribution in [0.5, 0.6) is 0 Å². The van der Waals surface area contributed by atoms with E-state index in [1.165, 1.54) is 24.3 Å². The quantitative estimate of drug-likeness (QED) is 0.772. The molecule has 1 aromatic carbocycles. The Balaban J connectivity index is 2.76. The van der Waals surface area contributed by atoms with E-state index in [-0.39, 0.29) is 11.4 Å². The second-order valence-corrected chi connectivity index (χ2v) is 3.87. The first kappa shape index (κ1) is 11.9. The van der Waals surface area contributed by atoms with Gasteiger partial charge in [-0.3, -0.25) is 4.79 Å². The predicted octanol–water partition coefficient (Wildman–Crippen LogP) is 1.55. The lowest BCUT2D eigenvalue weighted by molar-refractivity contribution is 0.628. The predicted molar refractivity (Wildman–Crippen MR) is 65.7 cm³/mol. The zero-order valence-corrected chi connectivity index (χ0v) is 9.64. The summed E-state index contributed by atoms with van der Waals surface area (Å²) in [5, 5.41) is 9.04. The molecule has 1 heterocycles. The van der Waals surface area contributed by atoms with Crippen LogP contribution < -0.4 is 11.4 Å². The number of nitrogens with two attached hydrogens (primary N) is 1. The van der Waals surface area contributed by atoms with Crippen molar-refractivity contribution in [2.24, 2.45) is 0 Å². The van der Waals surface area contributed by atoms with Gasteiger partial charge in [-0.25, -0.2) is 9.07 Å². The highest BCUT2D eigenvalue weighted by atomic mass is 19.1. The van der Waals surface area contributed by atoms with Gasteiger partial charge in [-0.1, -0.05) is 12.1 Å². The smallest absolute Gasteiger partial charge is 0.287 e. The van der Waals surface area contributed by atoms with Gasteiger partial charge in [0, 0.05) is 11.3 Å². The highest BCUT2D eigenvalue weighted by molar-refractivity contribution is 5.70. The van der Waals surface area contributed by atoms with Crippen molar-refractivity contribution in [2.75, 3.05) is 5.84 Å². The van der Waals surface area contributed by atoms with E-state index < -0.39 is 5.56 Å². The summed E-state index contributed by atoms with van der Waals surface area (Å²) in [6.45, 7) is 1.66. The number of nitrogen functional groups attached to an aromatic ring is 1. The first-order valence-electron chi connectivity index (χ1n) is 5.22. The molecule has 2 aromatic rings. The van der Waals surface area contributed by atoms with Gasteiger partial charge in [-0.05, 0) is 30.7 Å². The molecule has 0 saturated carbocycles. The van der Waals surface area contributed by atoms with Crippen LogP contribution in [-0.4, -0.2) is 4.68 Å². The largest absolute Gasteiger partial charge is 0.336 e. The highest BCUT2D eigenvalue weighted by Crippen LogP contribution is 2.22. The Kier molecular flexibility index (Phi) is 2.86. The molecule has 0 unspecified atom stereocenters. The number of hydrogen-bond donors (Lipinski definition) is 1. The molecule has 18 heavy (non-hydrogen) atoms. The number of pyridine rings is 1. The summed E-state index contributed by atoms with van der Waals surface area (Å²) >= 11 is 0. The van der Waals surface area contributed by atoms with Gasteiger partial charge in [-0.15, -0.1) is 0 Å². The lowest BCUT2D eigenvalue weighted by atomic mass is 10.0. The van der Waals surface area contributed by atoms with Gasteiger partial charge in [0.15, 0.2) is 0 Å². The van der Waals surface area contributed by atoms with E-state index in [1.54, 1.807) is 13.0 Å². The number of rotatable bonds is 1. The van der Waals surface area contributed by atoms with Gasteiger partial charge in [0.1, 0.15) is 17.4 Å². The normalized spacial score (nSPS) is 10.1. The van der Waals surface area contributed by atoms with Crippen LogP contribution in [0, 0.1) is 24.1 Å². The van der Waals surface area contributed by atoms with E-state index in [1.807, 2.05) is 6.07 Å².